The number of hydrogen-bond donors (Lipinski definition) is 3. The van der Waals surface area contributed by atoms with Gasteiger partial charge in [0.25, 0.3) is 0 Å². The largest absolute Gasteiger partial charge is 0.463 e. The first-order chi connectivity index (χ1) is 11.6. The third kappa shape index (κ3) is 3.13. The van der Waals surface area contributed by atoms with Gasteiger partial charge in [0, 0.05) is 12.8 Å². The first kappa shape index (κ1) is 18.8. The fourth-order valence-corrected chi connectivity index (χ4v) is 4.61. The summed E-state index contributed by atoms with van der Waals surface area (Å²) in [6, 6.07) is 0. The Hall–Kier alpha value is -0.990. The minimum atomic E-state index is -1.43. The van der Waals surface area contributed by atoms with Crippen LogP contribution in [0, 0.1) is 17.3 Å². The van der Waals surface area contributed by atoms with Crippen LogP contribution in [0.25, 0.3) is 0 Å². The maximum atomic E-state index is 11.0. The van der Waals surface area contributed by atoms with Crippen molar-refractivity contribution in [3.63, 3.8) is 0 Å². The van der Waals surface area contributed by atoms with E-state index in [4.69, 9.17) is 14.2 Å². The highest BCUT2D eigenvalue weighted by Crippen LogP contribution is 2.60. The molecule has 2 aliphatic carbocycles. The molecule has 0 amide bonds. The quantitative estimate of drug-likeness (QED) is 0.493. The van der Waals surface area contributed by atoms with Gasteiger partial charge in [0.1, 0.15) is 31.0 Å². The van der Waals surface area contributed by atoms with Crippen molar-refractivity contribution < 1.29 is 34.3 Å². The predicted octanol–water partition coefficient (Wildman–Crippen LogP) is 0.364. The molecule has 0 aromatic carbocycles. The summed E-state index contributed by atoms with van der Waals surface area (Å²) < 4.78 is 16.5. The zero-order valence-electron chi connectivity index (χ0n) is 15.1. The van der Waals surface area contributed by atoms with Gasteiger partial charge in [-0.1, -0.05) is 25.5 Å². The molecular formula is C18H28O7. The molecule has 0 aromatic heterocycles. The number of ether oxygens (including phenoxy) is 3. The van der Waals surface area contributed by atoms with Crippen LogP contribution in [0.1, 0.15) is 34.1 Å². The number of allylic oxidation sites excluding steroid dienone is 1. The molecule has 0 spiro atoms. The number of carbonyl (C=O) groups is 1. The van der Waals surface area contributed by atoms with E-state index < -0.39 is 36.7 Å². The lowest BCUT2D eigenvalue weighted by Gasteiger charge is -2.62. The van der Waals surface area contributed by atoms with E-state index in [9.17, 15) is 20.1 Å². The summed E-state index contributed by atoms with van der Waals surface area (Å²) in [4.78, 5) is 11.0. The molecule has 1 aliphatic heterocycles. The Labute approximate surface area is 147 Å². The maximum absolute atomic E-state index is 11.0. The Morgan fingerprint density at radius 3 is 2.52 bits per heavy atom. The molecule has 7 heteroatoms. The molecule has 1 saturated carbocycles. The molecule has 142 valence electrons. The van der Waals surface area contributed by atoms with Crippen LogP contribution < -0.4 is 0 Å². The summed E-state index contributed by atoms with van der Waals surface area (Å²) in [5.74, 6) is 0.0378. The predicted molar refractivity (Wildman–Crippen MR) is 87.3 cm³/mol. The van der Waals surface area contributed by atoms with Crippen molar-refractivity contribution >= 4 is 5.97 Å². The molecule has 1 heterocycles. The number of rotatable bonds is 4. The van der Waals surface area contributed by atoms with Crippen molar-refractivity contribution in [3.8, 4) is 0 Å². The topological polar surface area (TPSA) is 105 Å². The minimum Gasteiger partial charge on any atom is -0.463 e. The molecule has 7 nitrogen and oxygen atoms in total. The molecule has 0 aromatic rings. The van der Waals surface area contributed by atoms with Gasteiger partial charge in [0.15, 0.2) is 6.29 Å². The van der Waals surface area contributed by atoms with Crippen molar-refractivity contribution in [1.29, 1.82) is 0 Å². The van der Waals surface area contributed by atoms with Crippen molar-refractivity contribution in [2.24, 2.45) is 17.3 Å². The fraction of sp³-hybridized carbons (Fsp3) is 0.833. The number of fused-ring (bicyclic) bond motifs is 2. The van der Waals surface area contributed by atoms with Crippen LogP contribution >= 0.6 is 0 Å². The zero-order chi connectivity index (χ0) is 18.5. The van der Waals surface area contributed by atoms with Gasteiger partial charge >= 0.3 is 5.97 Å². The highest BCUT2D eigenvalue weighted by molar-refractivity contribution is 5.65. The molecule has 2 bridgehead atoms. The second kappa shape index (κ2) is 6.63. The molecule has 0 radical (unpaired) electrons. The van der Waals surface area contributed by atoms with E-state index in [-0.39, 0.29) is 24.0 Å². The summed E-state index contributed by atoms with van der Waals surface area (Å²) in [7, 11) is 0. The lowest BCUT2D eigenvalue weighted by Crippen LogP contribution is -2.65. The van der Waals surface area contributed by atoms with Crippen LogP contribution in [-0.4, -0.2) is 64.7 Å². The number of esters is 1. The molecular weight excluding hydrogens is 328 g/mol. The van der Waals surface area contributed by atoms with Crippen molar-refractivity contribution in [2.45, 2.75) is 70.9 Å². The molecule has 25 heavy (non-hydrogen) atoms. The monoisotopic (exact) mass is 356 g/mol. The van der Waals surface area contributed by atoms with E-state index in [1.54, 1.807) is 0 Å². The van der Waals surface area contributed by atoms with E-state index in [0.717, 1.165) is 6.42 Å². The van der Waals surface area contributed by atoms with Crippen LogP contribution in [0.15, 0.2) is 11.6 Å². The second-order valence-electron chi connectivity index (χ2n) is 8.01. The molecule has 2 fully saturated rings. The fourth-order valence-electron chi connectivity index (χ4n) is 4.61. The van der Waals surface area contributed by atoms with Crippen molar-refractivity contribution in [2.75, 3.05) is 6.61 Å². The van der Waals surface area contributed by atoms with Gasteiger partial charge in [-0.05, 0) is 24.7 Å². The summed E-state index contributed by atoms with van der Waals surface area (Å²) in [5.41, 5.74) is 1.39. The van der Waals surface area contributed by atoms with Crippen LogP contribution in [0.4, 0.5) is 0 Å². The van der Waals surface area contributed by atoms with Crippen LogP contribution in [0.3, 0.4) is 0 Å². The molecule has 0 unspecified atom stereocenters. The van der Waals surface area contributed by atoms with Gasteiger partial charge in [-0.2, -0.15) is 0 Å². The summed E-state index contributed by atoms with van der Waals surface area (Å²) in [5, 5.41) is 30.4. The summed E-state index contributed by atoms with van der Waals surface area (Å²) >= 11 is 0. The molecule has 3 N–H and O–H groups in total. The average molecular weight is 356 g/mol. The number of aliphatic hydroxyl groups excluding tert-OH is 3. The third-order valence-electron chi connectivity index (χ3n) is 6.08. The van der Waals surface area contributed by atoms with E-state index in [0.29, 0.717) is 5.92 Å². The zero-order valence-corrected chi connectivity index (χ0v) is 15.1. The number of aliphatic hydroxyl groups is 3. The van der Waals surface area contributed by atoms with Crippen LogP contribution in [0.5, 0.6) is 0 Å². The molecule has 1 saturated heterocycles. The van der Waals surface area contributed by atoms with E-state index >= 15 is 0 Å². The highest BCUT2D eigenvalue weighted by Gasteiger charge is 2.60. The number of hydrogen-bond acceptors (Lipinski definition) is 7. The van der Waals surface area contributed by atoms with E-state index in [2.05, 4.69) is 26.8 Å². The lowest BCUT2D eigenvalue weighted by atomic mass is 9.47. The SMILES string of the molecule is CC(=O)OC[C@H]1O[C@@H](O[C@@H]2[C@H]3CC=C(C)[C@@H]2C3(C)C)[C@H](O)[C@@H](O)[C@@H]1O. The van der Waals surface area contributed by atoms with Gasteiger partial charge in [-0.15, -0.1) is 0 Å². The van der Waals surface area contributed by atoms with Gasteiger partial charge < -0.3 is 29.5 Å². The maximum Gasteiger partial charge on any atom is 0.302 e. The average Bonchev–Trinajstić information content (AvgIpc) is 2.53. The van der Waals surface area contributed by atoms with Crippen molar-refractivity contribution in [3.05, 3.63) is 11.6 Å². The standard InChI is InChI=1S/C18H28O7/c1-8-5-6-10-16(12(8)18(10,3)4)25-17-15(22)14(21)13(20)11(24-17)7-23-9(2)19/h5,10-17,20-22H,6-7H2,1-4H3/t10-,11-,12+,13-,14+,15-,16-,17+/m1/s1. The first-order valence-corrected chi connectivity index (χ1v) is 8.79. The van der Waals surface area contributed by atoms with Crippen LogP contribution in [0.2, 0.25) is 0 Å². The first-order valence-electron chi connectivity index (χ1n) is 8.79. The molecule has 3 rings (SSSR count). The minimum absolute atomic E-state index is 0.100. The Balaban J connectivity index is 1.69. The lowest BCUT2D eigenvalue weighted by molar-refractivity contribution is -0.339. The van der Waals surface area contributed by atoms with Gasteiger partial charge in [-0.25, -0.2) is 0 Å². The molecule has 3 aliphatic rings. The highest BCUT2D eigenvalue weighted by atomic mass is 16.7. The Bertz CT molecular complexity index is 558. The van der Waals surface area contributed by atoms with E-state index in [1.807, 2.05) is 0 Å². The van der Waals surface area contributed by atoms with Gasteiger partial charge in [0.05, 0.1) is 6.10 Å². The van der Waals surface area contributed by atoms with Crippen LogP contribution in [-0.2, 0) is 19.0 Å². The Kier molecular flexibility index (Phi) is 4.98. The summed E-state index contributed by atoms with van der Waals surface area (Å²) in [6.07, 6.45) is -3.13. The smallest absolute Gasteiger partial charge is 0.302 e. The summed E-state index contributed by atoms with van der Waals surface area (Å²) in [6.45, 7) is 7.54. The van der Waals surface area contributed by atoms with Gasteiger partial charge in [-0.3, -0.25) is 4.79 Å². The van der Waals surface area contributed by atoms with Gasteiger partial charge in [0.2, 0.25) is 0 Å². The third-order valence-corrected chi connectivity index (χ3v) is 6.08. The Morgan fingerprint density at radius 2 is 1.96 bits per heavy atom. The van der Waals surface area contributed by atoms with Crippen molar-refractivity contribution in [1.82, 2.24) is 0 Å². The van der Waals surface area contributed by atoms with E-state index in [1.165, 1.54) is 12.5 Å². The normalized spacial score (nSPS) is 45.3. The second-order valence-corrected chi connectivity index (χ2v) is 8.01. The number of carbonyl (C=O) groups excluding carboxylic acids is 1. The molecule has 8 atom stereocenters. The Morgan fingerprint density at radius 1 is 1.28 bits per heavy atom.